The monoisotopic (exact) mass is 368 g/mol. The zero-order valence-corrected chi connectivity index (χ0v) is 14.4. The largest absolute Gasteiger partial charge is 0.440 e. The number of hydrogen-bond donors (Lipinski definition) is 0. The average molecular weight is 368 g/mol. The Hall–Kier alpha value is -3.33. The van der Waals surface area contributed by atoms with Gasteiger partial charge >= 0.3 is 0 Å². The molecule has 4 aromatic rings. The van der Waals surface area contributed by atoms with Crippen molar-refractivity contribution >= 4 is 27.9 Å². The number of non-ortho nitro benzene ring substituents is 1. The summed E-state index contributed by atoms with van der Waals surface area (Å²) in [5, 5.41) is 13.1. The molecule has 0 N–H and O–H groups in total. The van der Waals surface area contributed by atoms with E-state index in [1.807, 2.05) is 17.5 Å². The number of aryl methyl sites for hydroxylation is 1. The van der Waals surface area contributed by atoms with E-state index < -0.39 is 4.92 Å². The molecule has 0 radical (unpaired) electrons. The van der Waals surface area contributed by atoms with Gasteiger partial charge in [-0.1, -0.05) is 6.07 Å². The van der Waals surface area contributed by atoms with Crippen molar-refractivity contribution in [2.45, 2.75) is 13.5 Å². The predicted molar refractivity (Wildman–Crippen MR) is 96.3 cm³/mol. The highest BCUT2D eigenvalue weighted by atomic mass is 32.1. The summed E-state index contributed by atoms with van der Waals surface area (Å²) in [6, 6.07) is 7.85. The summed E-state index contributed by atoms with van der Waals surface area (Å²) in [5.74, 6) is 1.12. The van der Waals surface area contributed by atoms with Gasteiger partial charge in [-0.3, -0.25) is 19.5 Å². The van der Waals surface area contributed by atoms with Gasteiger partial charge in [-0.25, -0.2) is 9.97 Å². The van der Waals surface area contributed by atoms with E-state index in [2.05, 4.69) is 9.97 Å². The van der Waals surface area contributed by atoms with Crippen molar-refractivity contribution in [3.05, 3.63) is 74.0 Å². The van der Waals surface area contributed by atoms with E-state index in [0.29, 0.717) is 22.9 Å². The molecule has 1 aromatic carbocycles. The summed E-state index contributed by atoms with van der Waals surface area (Å²) < 4.78 is 7.05. The maximum absolute atomic E-state index is 12.7. The SMILES string of the molecule is Cc1oc(-c2cccs2)nc1Cn1cnc2ccc([N+](=O)[O-])cc2c1=O. The fourth-order valence-corrected chi connectivity index (χ4v) is 3.26. The van der Waals surface area contributed by atoms with E-state index in [1.165, 1.54) is 40.4 Å². The molecule has 0 saturated carbocycles. The molecule has 0 fully saturated rings. The molecule has 0 spiro atoms. The van der Waals surface area contributed by atoms with Crippen LogP contribution in [0, 0.1) is 17.0 Å². The maximum Gasteiger partial charge on any atom is 0.270 e. The first-order valence-corrected chi connectivity index (χ1v) is 8.54. The number of rotatable bonds is 4. The number of hydrogen-bond acceptors (Lipinski definition) is 7. The third kappa shape index (κ3) is 2.78. The topological polar surface area (TPSA) is 104 Å². The summed E-state index contributed by atoms with van der Waals surface area (Å²) in [4.78, 5) is 32.7. The minimum atomic E-state index is -0.536. The maximum atomic E-state index is 12.7. The summed E-state index contributed by atoms with van der Waals surface area (Å²) >= 11 is 1.51. The molecule has 0 saturated heterocycles. The van der Waals surface area contributed by atoms with Crippen LogP contribution in [0.2, 0.25) is 0 Å². The molecule has 0 aliphatic rings. The average Bonchev–Trinajstić information content (AvgIpc) is 3.27. The standard InChI is InChI=1S/C17H12N4O4S/c1-10-14(19-16(25-10)15-3-2-6-26-15)8-20-9-18-13-5-4-11(21(23)24)7-12(13)17(20)22/h2-7,9H,8H2,1H3. The molecule has 0 atom stereocenters. The van der Waals surface area contributed by atoms with Gasteiger partial charge in [0.1, 0.15) is 11.5 Å². The van der Waals surface area contributed by atoms with Crippen LogP contribution in [-0.4, -0.2) is 19.5 Å². The molecule has 0 aliphatic carbocycles. The fourth-order valence-electron chi connectivity index (χ4n) is 2.61. The first-order valence-electron chi connectivity index (χ1n) is 7.66. The minimum Gasteiger partial charge on any atom is -0.440 e. The quantitative estimate of drug-likeness (QED) is 0.404. The van der Waals surface area contributed by atoms with Crippen LogP contribution in [0.4, 0.5) is 5.69 Å². The number of nitrogens with zero attached hydrogens (tertiary/aromatic N) is 4. The molecule has 130 valence electrons. The first-order chi connectivity index (χ1) is 12.5. The Bertz CT molecular complexity index is 1180. The van der Waals surface area contributed by atoms with Crippen molar-refractivity contribution < 1.29 is 9.34 Å². The lowest BCUT2D eigenvalue weighted by molar-refractivity contribution is -0.384. The Morgan fingerprint density at radius 1 is 1.35 bits per heavy atom. The normalized spacial score (nSPS) is 11.1. The van der Waals surface area contributed by atoms with E-state index in [4.69, 9.17) is 4.42 Å². The van der Waals surface area contributed by atoms with Crippen LogP contribution in [-0.2, 0) is 6.54 Å². The van der Waals surface area contributed by atoms with Crippen molar-refractivity contribution in [2.75, 3.05) is 0 Å². The Morgan fingerprint density at radius 2 is 2.19 bits per heavy atom. The Kier molecular flexibility index (Phi) is 3.85. The molecule has 26 heavy (non-hydrogen) atoms. The van der Waals surface area contributed by atoms with Gasteiger partial charge in [0.2, 0.25) is 5.89 Å². The highest BCUT2D eigenvalue weighted by Crippen LogP contribution is 2.26. The zero-order chi connectivity index (χ0) is 18.3. The van der Waals surface area contributed by atoms with Gasteiger partial charge in [0.05, 0.1) is 33.6 Å². The number of thiophene rings is 1. The highest BCUT2D eigenvalue weighted by molar-refractivity contribution is 7.13. The summed E-state index contributed by atoms with van der Waals surface area (Å²) in [6.07, 6.45) is 1.41. The number of aromatic nitrogens is 3. The first kappa shape index (κ1) is 16.2. The second kappa shape index (κ2) is 6.19. The van der Waals surface area contributed by atoms with Gasteiger partial charge in [0.25, 0.3) is 11.2 Å². The van der Waals surface area contributed by atoms with E-state index in [-0.39, 0.29) is 23.2 Å². The van der Waals surface area contributed by atoms with Crippen molar-refractivity contribution in [2.24, 2.45) is 0 Å². The van der Waals surface area contributed by atoms with Crippen LogP contribution in [0.25, 0.3) is 21.7 Å². The van der Waals surface area contributed by atoms with E-state index >= 15 is 0 Å². The molecule has 3 heterocycles. The predicted octanol–water partition coefficient (Wildman–Crippen LogP) is 3.38. The van der Waals surface area contributed by atoms with E-state index in [9.17, 15) is 14.9 Å². The highest BCUT2D eigenvalue weighted by Gasteiger charge is 2.15. The number of nitro groups is 1. The van der Waals surface area contributed by atoms with E-state index in [0.717, 1.165) is 4.88 Å². The molecule has 8 nitrogen and oxygen atoms in total. The van der Waals surface area contributed by atoms with Crippen LogP contribution >= 0.6 is 11.3 Å². The van der Waals surface area contributed by atoms with Crippen LogP contribution in [0.3, 0.4) is 0 Å². The van der Waals surface area contributed by atoms with E-state index in [1.54, 1.807) is 6.92 Å². The molecule has 0 bridgehead atoms. The minimum absolute atomic E-state index is 0.147. The second-order valence-electron chi connectivity index (χ2n) is 5.64. The van der Waals surface area contributed by atoms with Gasteiger partial charge in [-0.05, 0) is 24.4 Å². The second-order valence-corrected chi connectivity index (χ2v) is 6.58. The van der Waals surface area contributed by atoms with Crippen LogP contribution < -0.4 is 5.56 Å². The van der Waals surface area contributed by atoms with Crippen molar-refractivity contribution in [1.29, 1.82) is 0 Å². The summed E-state index contributed by atoms with van der Waals surface area (Å²) in [7, 11) is 0. The lowest BCUT2D eigenvalue weighted by Crippen LogP contribution is -2.21. The summed E-state index contributed by atoms with van der Waals surface area (Å²) in [5.41, 5.74) is 0.514. The van der Waals surface area contributed by atoms with Crippen LogP contribution in [0.15, 0.2) is 51.3 Å². The van der Waals surface area contributed by atoms with Crippen molar-refractivity contribution in [1.82, 2.24) is 14.5 Å². The molecular weight excluding hydrogens is 356 g/mol. The van der Waals surface area contributed by atoms with Crippen molar-refractivity contribution in [3.63, 3.8) is 0 Å². The Morgan fingerprint density at radius 3 is 2.92 bits per heavy atom. The third-order valence-corrected chi connectivity index (χ3v) is 4.82. The number of benzene rings is 1. The third-order valence-electron chi connectivity index (χ3n) is 3.96. The van der Waals surface area contributed by atoms with Gasteiger partial charge in [0.15, 0.2) is 0 Å². The van der Waals surface area contributed by atoms with Crippen LogP contribution in [0.1, 0.15) is 11.5 Å². The number of nitro benzene ring substituents is 1. The Labute approximate surface area is 150 Å². The molecule has 0 aliphatic heterocycles. The molecule has 4 rings (SSSR count). The molecular formula is C17H12N4O4S. The molecule has 0 amide bonds. The van der Waals surface area contributed by atoms with Crippen LogP contribution in [0.5, 0.6) is 0 Å². The van der Waals surface area contributed by atoms with Gasteiger partial charge in [0, 0.05) is 12.1 Å². The number of fused-ring (bicyclic) bond motifs is 1. The molecule has 3 aromatic heterocycles. The van der Waals surface area contributed by atoms with Gasteiger partial charge < -0.3 is 4.42 Å². The summed E-state index contributed by atoms with van der Waals surface area (Å²) in [6.45, 7) is 1.95. The molecule has 9 heteroatoms. The number of oxazole rings is 1. The van der Waals surface area contributed by atoms with Gasteiger partial charge in [-0.15, -0.1) is 11.3 Å². The zero-order valence-electron chi connectivity index (χ0n) is 13.6. The lowest BCUT2D eigenvalue weighted by Gasteiger charge is -2.05. The molecule has 0 unspecified atom stereocenters. The van der Waals surface area contributed by atoms with Gasteiger partial charge in [-0.2, -0.15) is 0 Å². The van der Waals surface area contributed by atoms with Crippen molar-refractivity contribution in [3.8, 4) is 10.8 Å². The lowest BCUT2D eigenvalue weighted by atomic mass is 10.2. The smallest absolute Gasteiger partial charge is 0.270 e. The Balaban J connectivity index is 1.75. The fraction of sp³-hybridized carbons (Fsp3) is 0.118.